The van der Waals surface area contributed by atoms with E-state index in [1.54, 1.807) is 35.9 Å². The summed E-state index contributed by atoms with van der Waals surface area (Å²) >= 11 is 0.250. The smallest absolute Gasteiger partial charge is 0.410 e. The fourth-order valence-corrected chi connectivity index (χ4v) is 9.18. The van der Waals surface area contributed by atoms with Crippen molar-refractivity contribution in [2.75, 3.05) is 40.6 Å². The highest BCUT2D eigenvalue weighted by Crippen LogP contribution is 2.40. The molecule has 13 atom stereocenters. The van der Waals surface area contributed by atoms with Gasteiger partial charge in [-0.05, 0) is 105 Å². The van der Waals surface area contributed by atoms with Crippen LogP contribution in [0.1, 0.15) is 87.5 Å². The monoisotopic (exact) mass is 880 g/mol. The summed E-state index contributed by atoms with van der Waals surface area (Å²) in [6.45, 7) is 16.4. The summed E-state index contributed by atoms with van der Waals surface area (Å²) < 4.78 is 43.4. The van der Waals surface area contributed by atoms with Crippen LogP contribution in [0.5, 0.6) is 0 Å². The van der Waals surface area contributed by atoms with Gasteiger partial charge in [0, 0.05) is 62.8 Å². The van der Waals surface area contributed by atoms with Crippen molar-refractivity contribution in [3.05, 3.63) is 24.5 Å². The summed E-state index contributed by atoms with van der Waals surface area (Å²) in [5.41, 5.74) is -1.02. The van der Waals surface area contributed by atoms with Crippen LogP contribution in [0.3, 0.4) is 0 Å². The Morgan fingerprint density at radius 2 is 1.77 bits per heavy atom. The number of carbonyl (C=O) groups is 3. The lowest BCUT2D eigenvalue weighted by atomic mass is 9.78. The zero-order valence-electron chi connectivity index (χ0n) is 37.9. The van der Waals surface area contributed by atoms with Crippen LogP contribution in [0.15, 0.2) is 24.5 Å². The number of cyclic esters (lactones) is 1. The minimum atomic E-state index is -1.23. The molecular formula is C42H69FN8O9S. The average molecular weight is 881 g/mol. The van der Waals surface area contributed by atoms with E-state index in [2.05, 4.69) is 32.7 Å². The molecule has 17 nitrogen and oxygen atoms in total. The maximum Gasteiger partial charge on any atom is 0.410 e. The second kappa shape index (κ2) is 22.3. The molecule has 19 heteroatoms. The Morgan fingerprint density at radius 1 is 1.08 bits per heavy atom. The number of ether oxygens (including phenoxy) is 5. The van der Waals surface area contributed by atoms with Gasteiger partial charge in [-0.3, -0.25) is 19.2 Å². The van der Waals surface area contributed by atoms with Gasteiger partial charge in [-0.25, -0.2) is 4.79 Å². The number of aromatic nitrogens is 5. The fraction of sp³-hybridized carbons (Fsp3) is 0.786. The van der Waals surface area contributed by atoms with Crippen molar-refractivity contribution >= 4 is 30.0 Å². The predicted molar refractivity (Wildman–Crippen MR) is 228 cm³/mol. The van der Waals surface area contributed by atoms with Gasteiger partial charge in [-0.15, -0.1) is 10.2 Å². The van der Waals surface area contributed by atoms with Gasteiger partial charge < -0.3 is 39.0 Å². The molecule has 5 rings (SSSR count). The Labute approximate surface area is 364 Å². The number of carbonyl (C=O) groups excluding carboxylic acids is 3. The van der Waals surface area contributed by atoms with E-state index in [-0.39, 0.29) is 36.3 Å². The van der Waals surface area contributed by atoms with E-state index in [1.165, 1.54) is 13.2 Å². The summed E-state index contributed by atoms with van der Waals surface area (Å²) in [5, 5.41) is 31.6. The molecule has 0 radical (unpaired) electrons. The number of esters is 1. The van der Waals surface area contributed by atoms with Crippen LogP contribution in [0.25, 0.3) is 11.4 Å². The molecule has 2 aromatic heterocycles. The lowest BCUT2D eigenvalue weighted by Crippen LogP contribution is -2.61. The van der Waals surface area contributed by atoms with E-state index in [0.29, 0.717) is 63.1 Å². The SMILES string of the molecule is CC[C@H]1OC(=O)[C@H](C)C(=O)[C@H](C)[C@@H](O[C@@H]2OC(C)CC(N(C)C)C2O)[C@](C)(OC)C[C@@H](C)CN[C@H](C)[C@H]2N(CCCCn3cc(-c4cccnn4)nn3)C(=O)O[C@]12C.CSF. The fourth-order valence-electron chi connectivity index (χ4n) is 9.18. The third-order valence-electron chi connectivity index (χ3n) is 12.5. The van der Waals surface area contributed by atoms with E-state index in [4.69, 9.17) is 23.7 Å². The van der Waals surface area contributed by atoms with Gasteiger partial charge in [0.05, 0.1) is 30.0 Å². The van der Waals surface area contributed by atoms with E-state index < -0.39 is 71.5 Å². The summed E-state index contributed by atoms with van der Waals surface area (Å²) in [5.74, 6) is -3.17. The number of nitrogens with one attached hydrogen (secondary N) is 1. The lowest BCUT2D eigenvalue weighted by Gasteiger charge is -2.46. The van der Waals surface area contributed by atoms with Gasteiger partial charge in [-0.1, -0.05) is 26.0 Å². The molecule has 344 valence electrons. The first kappa shape index (κ1) is 50.3. The summed E-state index contributed by atoms with van der Waals surface area (Å²) in [7, 11) is 5.39. The topological polar surface area (TPSA) is 193 Å². The van der Waals surface area contributed by atoms with Crippen molar-refractivity contribution in [3.63, 3.8) is 0 Å². The van der Waals surface area contributed by atoms with Gasteiger partial charge in [0.15, 0.2) is 17.7 Å². The quantitative estimate of drug-likeness (QED) is 0.179. The summed E-state index contributed by atoms with van der Waals surface area (Å²) in [4.78, 5) is 45.8. The van der Waals surface area contributed by atoms with Crippen molar-refractivity contribution in [2.24, 2.45) is 17.8 Å². The molecule has 2 N–H and O–H groups in total. The number of aliphatic hydroxyl groups is 1. The molecule has 61 heavy (non-hydrogen) atoms. The van der Waals surface area contributed by atoms with Gasteiger partial charge in [0.2, 0.25) is 0 Å². The standard InChI is InChI=1S/C41H66N8O9.CH3FS/c1-12-32-41(8)35(49(39(53)58-41)19-14-13-18-48-23-30(45-46-48)29-16-15-17-43-44-29)28(6)42-22-24(2)21-40(7,54-11)36(26(4)33(50)27(5)37(52)56-32)57-38-34(51)31(47(9)10)20-25(3)55-38;1-3-2/h15-17,23-28,31-32,34-36,38,42,51H,12-14,18-22H2,1-11H3;1H3/t24-,25?,26+,27-,28-,31?,32-,34?,35-,36-,38+,40-,41-;/m1./s1. The van der Waals surface area contributed by atoms with Crippen LogP contribution in [-0.4, -0.2) is 159 Å². The van der Waals surface area contributed by atoms with Crippen molar-refractivity contribution in [3.8, 4) is 11.4 Å². The first-order chi connectivity index (χ1) is 28.8. The van der Waals surface area contributed by atoms with E-state index in [0.717, 1.165) is 0 Å². The van der Waals surface area contributed by atoms with Crippen molar-refractivity contribution in [2.45, 2.75) is 154 Å². The van der Waals surface area contributed by atoms with Crippen LogP contribution in [0.4, 0.5) is 8.68 Å². The number of hydrogen-bond acceptors (Lipinski definition) is 16. The zero-order chi connectivity index (χ0) is 45.2. The molecule has 5 heterocycles. The van der Waals surface area contributed by atoms with Gasteiger partial charge in [0.1, 0.15) is 29.5 Å². The second-order valence-corrected chi connectivity index (χ2v) is 17.7. The minimum absolute atomic E-state index is 0.0129. The molecule has 0 spiro atoms. The number of aliphatic hydroxyl groups excluding tert-OH is 1. The third kappa shape index (κ3) is 12.0. The predicted octanol–water partition coefficient (Wildman–Crippen LogP) is 4.73. The first-order valence-electron chi connectivity index (χ1n) is 21.4. The number of fused-ring (bicyclic) bond motifs is 1. The highest BCUT2D eigenvalue weighted by atomic mass is 32.2. The molecule has 3 fully saturated rings. The number of halogens is 1. The highest BCUT2D eigenvalue weighted by Gasteiger charge is 2.58. The maximum absolute atomic E-state index is 14.4. The molecule has 3 unspecified atom stereocenters. The molecule has 3 aliphatic heterocycles. The van der Waals surface area contributed by atoms with E-state index in [9.17, 15) is 23.4 Å². The maximum atomic E-state index is 14.4. The molecule has 0 aliphatic carbocycles. The summed E-state index contributed by atoms with van der Waals surface area (Å²) in [6, 6.07) is 2.57. The third-order valence-corrected chi connectivity index (χ3v) is 12.5. The Hall–Kier alpha value is -3.33. The minimum Gasteiger partial charge on any atom is -0.458 e. The highest BCUT2D eigenvalue weighted by molar-refractivity contribution is 7.93. The molecule has 2 aromatic rings. The molecule has 1 amide bonds. The summed E-state index contributed by atoms with van der Waals surface area (Å²) in [6.07, 6.45) is 3.09. The van der Waals surface area contributed by atoms with E-state index >= 15 is 0 Å². The van der Waals surface area contributed by atoms with Crippen LogP contribution in [-0.2, 0) is 39.8 Å². The molecule has 0 aromatic carbocycles. The second-order valence-electron chi connectivity index (χ2n) is 17.4. The largest absolute Gasteiger partial charge is 0.458 e. The molecule has 3 saturated heterocycles. The van der Waals surface area contributed by atoms with Crippen LogP contribution in [0.2, 0.25) is 0 Å². The Bertz CT molecular complexity index is 1720. The molecule has 3 aliphatic rings. The van der Waals surface area contributed by atoms with Crippen molar-refractivity contribution < 1.29 is 47.1 Å². The number of hydrogen-bond donors (Lipinski definition) is 2. The van der Waals surface area contributed by atoms with Crippen LogP contribution >= 0.6 is 12.1 Å². The number of aryl methyl sites for hydroxylation is 1. The number of methoxy groups -OCH3 is 1. The first-order valence-corrected chi connectivity index (χ1v) is 22.5. The molecule has 0 saturated carbocycles. The lowest BCUT2D eigenvalue weighted by molar-refractivity contribution is -0.295. The van der Waals surface area contributed by atoms with Gasteiger partial charge in [-0.2, -0.15) is 8.98 Å². The van der Waals surface area contributed by atoms with Gasteiger partial charge >= 0.3 is 12.1 Å². The molecular weight excluding hydrogens is 812 g/mol. The number of nitrogens with zero attached hydrogens (tertiary/aromatic N) is 7. The Balaban J connectivity index is 0.00000265. The number of ketones is 1. The Kier molecular flexibility index (Phi) is 18.4. The number of rotatable bonds is 11. The van der Waals surface area contributed by atoms with Gasteiger partial charge in [0.25, 0.3) is 0 Å². The number of likely N-dealkylation sites (N-methyl/N-ethyl adjacent to an activating group) is 1. The number of unbranched alkanes of at least 4 members (excludes halogenated alkanes) is 1. The van der Waals surface area contributed by atoms with Crippen molar-refractivity contribution in [1.29, 1.82) is 0 Å². The van der Waals surface area contributed by atoms with Crippen LogP contribution < -0.4 is 5.32 Å². The van der Waals surface area contributed by atoms with E-state index in [1.807, 2.05) is 65.9 Å². The average Bonchev–Trinajstić information content (AvgIpc) is 3.81. The van der Waals surface area contributed by atoms with Crippen molar-refractivity contribution in [1.82, 2.24) is 40.3 Å². The van der Waals surface area contributed by atoms with Crippen LogP contribution in [0, 0.1) is 17.8 Å². The molecule has 0 bridgehead atoms. The normalized spacial score (nSPS) is 35.4. The number of Topliss-reactive ketones (excluding diaryl/α,β-unsaturated/α-hetero) is 1. The zero-order valence-corrected chi connectivity index (χ0v) is 38.8. The number of amides is 1. The Morgan fingerprint density at radius 3 is 2.39 bits per heavy atom.